The average molecular weight is 364 g/mol. The van der Waals surface area contributed by atoms with Crippen LogP contribution in [0.4, 0.5) is 4.39 Å². The van der Waals surface area contributed by atoms with E-state index in [1.165, 1.54) is 18.5 Å². The molecule has 0 bridgehead atoms. The standard InChI is InChI=1S/C20H21ClFNO2.H2/c1-3-6-15(24)11-13(4-2)16-8-9-17(21)18(19(16)22)20(25)14-7-5-10-23-12-14;/h5,7-10,12-13H,3-4,6,11H2,1-2H3;1H/t13-;/m1./s1. The van der Waals surface area contributed by atoms with Crippen molar-refractivity contribution in [1.29, 1.82) is 0 Å². The number of carbonyl (C=O) groups excluding carboxylic acids is 2. The minimum Gasteiger partial charge on any atom is -0.300 e. The number of nitrogens with zero attached hydrogens (tertiary/aromatic N) is 1. The first-order chi connectivity index (χ1) is 12.0. The zero-order valence-electron chi connectivity index (χ0n) is 14.4. The molecule has 2 aromatic rings. The minimum atomic E-state index is -0.641. The summed E-state index contributed by atoms with van der Waals surface area (Å²) in [6.07, 6.45) is 5.04. The Kier molecular flexibility index (Phi) is 6.82. The van der Waals surface area contributed by atoms with Crippen LogP contribution in [0.5, 0.6) is 0 Å². The van der Waals surface area contributed by atoms with Crippen molar-refractivity contribution < 1.29 is 15.4 Å². The first-order valence-corrected chi connectivity index (χ1v) is 8.81. The minimum absolute atomic E-state index is 0. The van der Waals surface area contributed by atoms with Crippen molar-refractivity contribution in [3.63, 3.8) is 0 Å². The van der Waals surface area contributed by atoms with Crippen molar-refractivity contribution in [3.8, 4) is 0 Å². The van der Waals surface area contributed by atoms with E-state index in [-0.39, 0.29) is 35.7 Å². The molecule has 0 amide bonds. The van der Waals surface area contributed by atoms with Gasteiger partial charge in [-0.3, -0.25) is 14.6 Å². The summed E-state index contributed by atoms with van der Waals surface area (Å²) in [5.41, 5.74) is 0.479. The fourth-order valence-corrected chi connectivity index (χ4v) is 3.10. The highest BCUT2D eigenvalue weighted by atomic mass is 35.5. The van der Waals surface area contributed by atoms with Gasteiger partial charge in [-0.1, -0.05) is 31.5 Å². The Balaban J connectivity index is 0.00000338. The van der Waals surface area contributed by atoms with Gasteiger partial charge in [0.2, 0.25) is 0 Å². The van der Waals surface area contributed by atoms with Crippen molar-refractivity contribution in [2.75, 3.05) is 0 Å². The monoisotopic (exact) mass is 363 g/mol. The molecular weight excluding hydrogens is 341 g/mol. The molecule has 1 atom stereocenters. The van der Waals surface area contributed by atoms with E-state index in [1.807, 2.05) is 13.8 Å². The molecule has 1 heterocycles. The van der Waals surface area contributed by atoms with E-state index in [4.69, 9.17) is 11.6 Å². The van der Waals surface area contributed by atoms with Gasteiger partial charge < -0.3 is 0 Å². The van der Waals surface area contributed by atoms with E-state index >= 15 is 4.39 Å². The lowest BCUT2D eigenvalue weighted by Crippen LogP contribution is -2.12. The maximum atomic E-state index is 15.1. The number of rotatable bonds is 8. The van der Waals surface area contributed by atoms with Crippen LogP contribution >= 0.6 is 11.6 Å². The van der Waals surface area contributed by atoms with Crippen LogP contribution in [0.1, 0.15) is 68.4 Å². The van der Waals surface area contributed by atoms with Crippen molar-refractivity contribution in [2.45, 2.75) is 45.4 Å². The second-order valence-corrected chi connectivity index (χ2v) is 6.40. The largest absolute Gasteiger partial charge is 0.300 e. The molecule has 0 fully saturated rings. The molecule has 3 nitrogen and oxygen atoms in total. The van der Waals surface area contributed by atoms with Crippen LogP contribution in [0.15, 0.2) is 36.7 Å². The van der Waals surface area contributed by atoms with Crippen molar-refractivity contribution in [2.24, 2.45) is 0 Å². The Hall–Kier alpha value is -2.07. The average Bonchev–Trinajstić information content (AvgIpc) is 2.61. The maximum Gasteiger partial charge on any atom is 0.199 e. The zero-order chi connectivity index (χ0) is 18.4. The van der Waals surface area contributed by atoms with Crippen LogP contribution in [-0.4, -0.2) is 16.6 Å². The lowest BCUT2D eigenvalue weighted by molar-refractivity contribution is -0.119. The summed E-state index contributed by atoms with van der Waals surface area (Å²) in [5.74, 6) is -1.31. The predicted octanol–water partition coefficient (Wildman–Crippen LogP) is 5.60. The molecule has 1 aromatic carbocycles. The second kappa shape index (κ2) is 8.86. The first kappa shape index (κ1) is 19.3. The molecule has 2 rings (SSSR count). The zero-order valence-corrected chi connectivity index (χ0v) is 15.1. The van der Waals surface area contributed by atoms with Crippen molar-refractivity contribution in [1.82, 2.24) is 4.98 Å². The lowest BCUT2D eigenvalue weighted by atomic mass is 9.88. The SMILES string of the molecule is CCCC(=O)C[C@@H](CC)c1ccc(Cl)c(C(=O)c2cccnc2)c1F.[HH]. The quantitative estimate of drug-likeness (QED) is 0.573. The van der Waals surface area contributed by atoms with Gasteiger partial charge >= 0.3 is 0 Å². The Morgan fingerprint density at radius 3 is 2.64 bits per heavy atom. The highest BCUT2D eigenvalue weighted by molar-refractivity contribution is 6.35. The third-order valence-electron chi connectivity index (χ3n) is 4.21. The predicted molar refractivity (Wildman–Crippen MR) is 98.8 cm³/mol. The molecule has 25 heavy (non-hydrogen) atoms. The Labute approximate surface area is 153 Å². The number of pyridine rings is 1. The molecule has 0 radical (unpaired) electrons. The Morgan fingerprint density at radius 2 is 2.04 bits per heavy atom. The molecule has 0 aliphatic heterocycles. The van der Waals surface area contributed by atoms with Crippen LogP contribution in [0.3, 0.4) is 0 Å². The molecule has 5 heteroatoms. The van der Waals surface area contributed by atoms with Gasteiger partial charge in [0.15, 0.2) is 5.78 Å². The first-order valence-electron chi connectivity index (χ1n) is 8.43. The van der Waals surface area contributed by atoms with Crippen molar-refractivity contribution >= 4 is 23.2 Å². The summed E-state index contributed by atoms with van der Waals surface area (Å²) < 4.78 is 15.1. The highest BCUT2D eigenvalue weighted by Gasteiger charge is 2.25. The molecule has 0 spiro atoms. The van der Waals surface area contributed by atoms with Crippen LogP contribution in [0.2, 0.25) is 5.02 Å². The number of ketones is 2. The van der Waals surface area contributed by atoms with E-state index in [0.717, 1.165) is 6.42 Å². The van der Waals surface area contributed by atoms with Gasteiger partial charge in [-0.05, 0) is 42.5 Å². The molecule has 0 saturated heterocycles. The van der Waals surface area contributed by atoms with Crippen LogP contribution < -0.4 is 0 Å². The summed E-state index contributed by atoms with van der Waals surface area (Å²) in [5, 5.41) is 0.0600. The van der Waals surface area contributed by atoms with E-state index in [9.17, 15) is 9.59 Å². The smallest absolute Gasteiger partial charge is 0.199 e. The number of hydrogen-bond donors (Lipinski definition) is 0. The number of carbonyl (C=O) groups is 2. The van der Waals surface area contributed by atoms with Gasteiger partial charge in [-0.25, -0.2) is 4.39 Å². The number of halogens is 2. The van der Waals surface area contributed by atoms with E-state index in [1.54, 1.807) is 18.2 Å². The third-order valence-corrected chi connectivity index (χ3v) is 4.52. The number of Topliss-reactive ketones (excluding diaryl/α,β-unsaturated/α-hetero) is 1. The van der Waals surface area contributed by atoms with E-state index in [2.05, 4.69) is 4.98 Å². The van der Waals surface area contributed by atoms with Gasteiger partial charge in [0.1, 0.15) is 11.6 Å². The summed E-state index contributed by atoms with van der Waals surface area (Å²) >= 11 is 6.10. The summed E-state index contributed by atoms with van der Waals surface area (Å²) in [7, 11) is 0. The van der Waals surface area contributed by atoms with Gasteiger partial charge in [0.05, 0.1) is 10.6 Å². The summed E-state index contributed by atoms with van der Waals surface area (Å²) in [4.78, 5) is 28.5. The van der Waals surface area contributed by atoms with Crippen LogP contribution in [-0.2, 0) is 4.79 Å². The molecule has 0 aliphatic rings. The molecular formula is C20H23ClFNO2. The van der Waals surface area contributed by atoms with Gasteiger partial charge in [0.25, 0.3) is 0 Å². The molecule has 1 aromatic heterocycles. The Bertz CT molecular complexity index is 768. The molecule has 134 valence electrons. The molecule has 0 N–H and O–H groups in total. The van der Waals surface area contributed by atoms with Crippen LogP contribution in [0, 0.1) is 5.82 Å². The van der Waals surface area contributed by atoms with Gasteiger partial charge in [-0.15, -0.1) is 0 Å². The Morgan fingerprint density at radius 1 is 1.28 bits per heavy atom. The van der Waals surface area contributed by atoms with Crippen molar-refractivity contribution in [3.05, 3.63) is 64.2 Å². The van der Waals surface area contributed by atoms with Gasteiger partial charge in [-0.2, -0.15) is 0 Å². The van der Waals surface area contributed by atoms with Gasteiger partial charge in [0, 0.05) is 32.2 Å². The lowest BCUT2D eigenvalue weighted by Gasteiger charge is -2.18. The second-order valence-electron chi connectivity index (χ2n) is 5.99. The maximum absolute atomic E-state index is 15.1. The molecule has 0 aliphatic carbocycles. The molecule has 0 saturated carbocycles. The number of aromatic nitrogens is 1. The third kappa shape index (κ3) is 4.51. The fourth-order valence-electron chi connectivity index (χ4n) is 2.86. The topological polar surface area (TPSA) is 47.0 Å². The highest BCUT2D eigenvalue weighted by Crippen LogP contribution is 2.32. The number of hydrogen-bond acceptors (Lipinski definition) is 3. The fraction of sp³-hybridized carbons (Fsp3) is 0.350. The summed E-state index contributed by atoms with van der Waals surface area (Å²) in [6, 6.07) is 6.28. The normalized spacial score (nSPS) is 12.0. The summed E-state index contributed by atoms with van der Waals surface area (Å²) in [6.45, 7) is 3.84. The van der Waals surface area contributed by atoms with E-state index < -0.39 is 11.6 Å². The molecule has 0 unspecified atom stereocenters. The van der Waals surface area contributed by atoms with E-state index in [0.29, 0.717) is 18.4 Å². The van der Waals surface area contributed by atoms with Crippen LogP contribution in [0.25, 0.3) is 0 Å². The number of benzene rings is 1.